The van der Waals surface area contributed by atoms with Crippen molar-refractivity contribution in [2.75, 3.05) is 5.32 Å². The highest BCUT2D eigenvalue weighted by Gasteiger charge is 2.43. The van der Waals surface area contributed by atoms with Crippen LogP contribution in [0.15, 0.2) is 54.9 Å². The average molecular weight is 462 g/mol. The Hall–Kier alpha value is -3.52. The molecular formula is C24H24ClN7O. The number of hydrogen-bond acceptors (Lipinski definition) is 5. The fourth-order valence-electron chi connectivity index (χ4n) is 3.92. The van der Waals surface area contributed by atoms with Gasteiger partial charge in [0.2, 0.25) is 5.91 Å². The molecule has 2 heterocycles. The molecule has 1 amide bonds. The topological polar surface area (TPSA) is 101 Å². The Morgan fingerprint density at radius 3 is 2.64 bits per heavy atom. The number of nitrogens with zero attached hydrogens (tertiary/aromatic N) is 5. The number of aromatic amines is 1. The number of hydrogen-bond donors (Lipinski definition) is 2. The summed E-state index contributed by atoms with van der Waals surface area (Å²) in [5.74, 6) is 0.666. The van der Waals surface area contributed by atoms with Crippen LogP contribution in [0.3, 0.4) is 0 Å². The van der Waals surface area contributed by atoms with Gasteiger partial charge in [0.15, 0.2) is 5.82 Å². The molecule has 4 aromatic rings. The zero-order valence-corrected chi connectivity index (χ0v) is 19.3. The molecule has 2 aromatic carbocycles. The number of benzene rings is 2. The van der Waals surface area contributed by atoms with Crippen molar-refractivity contribution in [3.05, 3.63) is 71.0 Å². The molecule has 168 valence electrons. The molecule has 8 nitrogen and oxygen atoms in total. The number of anilines is 1. The molecule has 2 atom stereocenters. The molecule has 5 rings (SSSR count). The van der Waals surface area contributed by atoms with E-state index in [0.29, 0.717) is 16.5 Å². The smallest absolute Gasteiger partial charge is 0.228 e. The number of aromatic nitrogens is 6. The second-order valence-electron chi connectivity index (χ2n) is 9.39. The first-order chi connectivity index (χ1) is 15.8. The lowest BCUT2D eigenvalue weighted by Crippen LogP contribution is -2.15. The van der Waals surface area contributed by atoms with Crippen molar-refractivity contribution in [3.8, 4) is 17.1 Å². The van der Waals surface area contributed by atoms with Gasteiger partial charge in [0.25, 0.3) is 0 Å². The van der Waals surface area contributed by atoms with E-state index in [-0.39, 0.29) is 23.2 Å². The molecule has 0 saturated heterocycles. The van der Waals surface area contributed by atoms with Gasteiger partial charge in [-0.25, -0.2) is 9.78 Å². The number of carbonyl (C=O) groups is 1. The van der Waals surface area contributed by atoms with Crippen LogP contribution >= 0.6 is 11.6 Å². The Morgan fingerprint density at radius 2 is 1.97 bits per heavy atom. The van der Waals surface area contributed by atoms with Crippen LogP contribution < -0.4 is 5.32 Å². The Bertz CT molecular complexity index is 1290. The highest BCUT2D eigenvalue weighted by atomic mass is 35.5. The molecule has 2 aromatic heterocycles. The van der Waals surface area contributed by atoms with Gasteiger partial charge in [-0.1, -0.05) is 44.5 Å². The highest BCUT2D eigenvalue weighted by molar-refractivity contribution is 6.30. The van der Waals surface area contributed by atoms with Gasteiger partial charge >= 0.3 is 0 Å². The fraction of sp³-hybridized carbons (Fsp3) is 0.292. The van der Waals surface area contributed by atoms with Crippen molar-refractivity contribution in [1.29, 1.82) is 0 Å². The standard InChI is InChI=1S/C24H24ClN7O/c1-24(2,3)15-12-26-32(13-15)21-9-8-17(10-20(21)22-28-30-31-29-22)27-23(33)19-11-18(19)14-4-6-16(25)7-5-14/h4-10,12-13,18-19H,11H2,1-3H3,(H,27,33)(H,28,29,30,31). The van der Waals surface area contributed by atoms with E-state index < -0.39 is 0 Å². The molecule has 0 bridgehead atoms. The fourth-order valence-corrected chi connectivity index (χ4v) is 4.04. The first kappa shape index (κ1) is 21.3. The van der Waals surface area contributed by atoms with E-state index >= 15 is 0 Å². The molecule has 0 radical (unpaired) electrons. The number of H-pyrrole nitrogens is 1. The van der Waals surface area contributed by atoms with Gasteiger partial charge in [0.1, 0.15) is 0 Å². The zero-order chi connectivity index (χ0) is 23.2. The first-order valence-corrected chi connectivity index (χ1v) is 11.2. The van der Waals surface area contributed by atoms with Crippen LogP contribution in [-0.2, 0) is 10.2 Å². The summed E-state index contributed by atoms with van der Waals surface area (Å²) in [7, 11) is 0. The van der Waals surface area contributed by atoms with Crippen LogP contribution in [0.5, 0.6) is 0 Å². The number of amides is 1. The number of tetrazole rings is 1. The molecular weight excluding hydrogens is 438 g/mol. The number of nitrogens with one attached hydrogen (secondary N) is 2. The van der Waals surface area contributed by atoms with Crippen molar-refractivity contribution in [3.63, 3.8) is 0 Å². The number of rotatable bonds is 5. The second-order valence-corrected chi connectivity index (χ2v) is 9.83. The van der Waals surface area contributed by atoms with Gasteiger partial charge in [-0.05, 0) is 69.6 Å². The predicted octanol–water partition coefficient (Wildman–Crippen LogP) is 4.75. The minimum absolute atomic E-state index is 0.00143. The van der Waals surface area contributed by atoms with Crippen LogP contribution in [0.25, 0.3) is 17.1 Å². The normalized spacial score (nSPS) is 17.7. The number of carbonyl (C=O) groups excluding carboxylic acids is 1. The molecule has 0 aliphatic heterocycles. The van der Waals surface area contributed by atoms with Gasteiger partial charge in [-0.3, -0.25) is 4.79 Å². The summed E-state index contributed by atoms with van der Waals surface area (Å²) in [4.78, 5) is 12.9. The molecule has 1 saturated carbocycles. The minimum Gasteiger partial charge on any atom is -0.326 e. The maximum atomic E-state index is 12.9. The van der Waals surface area contributed by atoms with Crippen molar-refractivity contribution in [2.45, 2.75) is 38.5 Å². The molecule has 2 N–H and O–H groups in total. The lowest BCUT2D eigenvalue weighted by atomic mass is 9.90. The third kappa shape index (κ3) is 4.39. The summed E-state index contributed by atoms with van der Waals surface area (Å²) in [6.45, 7) is 6.43. The van der Waals surface area contributed by atoms with E-state index in [0.717, 1.165) is 28.8 Å². The van der Waals surface area contributed by atoms with Crippen molar-refractivity contribution in [1.82, 2.24) is 30.4 Å². The summed E-state index contributed by atoms with van der Waals surface area (Å²) in [5, 5.41) is 22.6. The van der Waals surface area contributed by atoms with Crippen LogP contribution in [0, 0.1) is 5.92 Å². The predicted molar refractivity (Wildman–Crippen MR) is 126 cm³/mol. The van der Waals surface area contributed by atoms with E-state index in [1.807, 2.05) is 59.5 Å². The Morgan fingerprint density at radius 1 is 1.18 bits per heavy atom. The third-order valence-corrected chi connectivity index (χ3v) is 6.24. The lowest BCUT2D eigenvalue weighted by Gasteiger charge is -2.15. The largest absolute Gasteiger partial charge is 0.326 e. The summed E-state index contributed by atoms with van der Waals surface area (Å²) in [6, 6.07) is 13.4. The van der Waals surface area contributed by atoms with E-state index in [1.165, 1.54) is 0 Å². The Kier molecular flexibility index (Phi) is 5.25. The van der Waals surface area contributed by atoms with E-state index in [2.05, 4.69) is 51.8 Å². The van der Waals surface area contributed by atoms with E-state index in [4.69, 9.17) is 11.6 Å². The molecule has 9 heteroatoms. The summed E-state index contributed by atoms with van der Waals surface area (Å²) in [6.07, 6.45) is 4.69. The van der Waals surface area contributed by atoms with Crippen molar-refractivity contribution < 1.29 is 4.79 Å². The van der Waals surface area contributed by atoms with E-state index in [1.54, 1.807) is 0 Å². The SMILES string of the molecule is CC(C)(C)c1cnn(-c2ccc(NC(=O)C3CC3c3ccc(Cl)cc3)cc2-c2nnn[nH]2)c1. The maximum absolute atomic E-state index is 12.9. The van der Waals surface area contributed by atoms with Crippen LogP contribution in [0.4, 0.5) is 5.69 Å². The Balaban J connectivity index is 1.39. The van der Waals surface area contributed by atoms with Crippen LogP contribution in [-0.4, -0.2) is 36.3 Å². The van der Waals surface area contributed by atoms with Gasteiger partial charge in [0.05, 0.1) is 11.9 Å². The van der Waals surface area contributed by atoms with Gasteiger partial charge < -0.3 is 5.32 Å². The molecule has 0 spiro atoms. The molecule has 33 heavy (non-hydrogen) atoms. The van der Waals surface area contributed by atoms with Gasteiger partial charge in [-0.2, -0.15) is 5.10 Å². The minimum atomic E-state index is -0.0540. The quantitative estimate of drug-likeness (QED) is 0.446. The zero-order valence-electron chi connectivity index (χ0n) is 18.6. The summed E-state index contributed by atoms with van der Waals surface area (Å²) in [5.41, 5.74) is 4.46. The number of halogens is 1. The average Bonchev–Trinajstić information content (AvgIpc) is 3.16. The van der Waals surface area contributed by atoms with Crippen molar-refractivity contribution in [2.24, 2.45) is 5.92 Å². The maximum Gasteiger partial charge on any atom is 0.228 e. The molecule has 1 aliphatic carbocycles. The van der Waals surface area contributed by atoms with E-state index in [9.17, 15) is 4.79 Å². The summed E-state index contributed by atoms with van der Waals surface area (Å²) >= 11 is 5.98. The van der Waals surface area contributed by atoms with Gasteiger partial charge in [0, 0.05) is 28.4 Å². The van der Waals surface area contributed by atoms with Crippen LogP contribution in [0.2, 0.25) is 5.02 Å². The van der Waals surface area contributed by atoms with Crippen LogP contribution in [0.1, 0.15) is 44.2 Å². The van der Waals surface area contributed by atoms with Gasteiger partial charge in [-0.15, -0.1) is 5.10 Å². The third-order valence-electron chi connectivity index (χ3n) is 5.99. The monoisotopic (exact) mass is 461 g/mol. The molecule has 2 unspecified atom stereocenters. The highest BCUT2D eigenvalue weighted by Crippen LogP contribution is 2.48. The molecule has 1 fully saturated rings. The lowest BCUT2D eigenvalue weighted by molar-refractivity contribution is -0.117. The second kappa shape index (κ2) is 8.12. The summed E-state index contributed by atoms with van der Waals surface area (Å²) < 4.78 is 1.81. The Labute approximate surface area is 196 Å². The molecule has 1 aliphatic rings. The van der Waals surface area contributed by atoms with Crippen molar-refractivity contribution >= 4 is 23.2 Å². The first-order valence-electron chi connectivity index (χ1n) is 10.8.